The molecule has 1 fully saturated rings. The quantitative estimate of drug-likeness (QED) is 0.468. The van der Waals surface area contributed by atoms with Gasteiger partial charge in [0.2, 0.25) is 10.0 Å². The maximum Gasteiger partial charge on any atom is 0.312 e. The third kappa shape index (κ3) is 4.93. The maximum absolute atomic E-state index is 12.7. The van der Waals surface area contributed by atoms with E-state index >= 15 is 0 Å². The zero-order valence-electron chi connectivity index (χ0n) is 15.3. The van der Waals surface area contributed by atoms with Crippen LogP contribution >= 0.6 is 0 Å². The van der Waals surface area contributed by atoms with Gasteiger partial charge in [-0.1, -0.05) is 0 Å². The van der Waals surface area contributed by atoms with Crippen LogP contribution in [-0.4, -0.2) is 74.5 Å². The number of benzene rings is 1. The number of ether oxygens (including phenoxy) is 2. The molecule has 0 saturated carbocycles. The molecule has 2 rings (SSSR count). The monoisotopic (exact) mass is 401 g/mol. The molecule has 0 aromatic heterocycles. The first-order valence-corrected chi connectivity index (χ1v) is 10.0. The van der Waals surface area contributed by atoms with Gasteiger partial charge >= 0.3 is 5.69 Å². The Labute approximate surface area is 157 Å². The fraction of sp³-hybridized carbons (Fsp3) is 0.562. The summed E-state index contributed by atoms with van der Waals surface area (Å²) in [5.74, 6) is -0.458. The number of rotatable bonds is 8. The highest BCUT2D eigenvalue weighted by Crippen LogP contribution is 2.31. The van der Waals surface area contributed by atoms with Crippen molar-refractivity contribution in [3.05, 3.63) is 28.3 Å². The number of hydrogen-bond acceptors (Lipinski definition) is 7. The molecule has 1 heterocycles. The van der Waals surface area contributed by atoms with Crippen molar-refractivity contribution in [1.29, 1.82) is 0 Å². The van der Waals surface area contributed by atoms with Crippen LogP contribution in [0.15, 0.2) is 23.1 Å². The summed E-state index contributed by atoms with van der Waals surface area (Å²) in [7, 11) is -3.87. The van der Waals surface area contributed by atoms with Crippen molar-refractivity contribution in [2.24, 2.45) is 0 Å². The molecule has 1 aromatic carbocycles. The van der Waals surface area contributed by atoms with Crippen LogP contribution < -0.4 is 4.74 Å². The van der Waals surface area contributed by atoms with Gasteiger partial charge < -0.3 is 14.4 Å². The molecule has 150 valence electrons. The molecule has 0 radical (unpaired) electrons. The second-order valence-corrected chi connectivity index (χ2v) is 7.70. The van der Waals surface area contributed by atoms with Gasteiger partial charge in [0.05, 0.1) is 23.0 Å². The first-order valence-electron chi connectivity index (χ1n) is 8.58. The second kappa shape index (κ2) is 9.11. The summed E-state index contributed by atoms with van der Waals surface area (Å²) in [6, 6.07) is 3.41. The van der Waals surface area contributed by atoms with E-state index in [1.807, 2.05) is 13.8 Å². The van der Waals surface area contributed by atoms with E-state index in [-0.39, 0.29) is 49.5 Å². The standard InChI is InChI=1S/C16H23N3O7S/c1-3-17(4-2)16(20)12-26-15-6-5-13(11-14(15)19(21)22)27(23,24)18-7-9-25-10-8-18/h5-6,11H,3-4,7-10,12H2,1-2H3. The average Bonchev–Trinajstić information content (AvgIpc) is 2.67. The average molecular weight is 401 g/mol. The maximum atomic E-state index is 12.7. The zero-order chi connectivity index (χ0) is 20.0. The predicted molar refractivity (Wildman–Crippen MR) is 96.1 cm³/mol. The fourth-order valence-electron chi connectivity index (χ4n) is 2.67. The molecular formula is C16H23N3O7S. The molecule has 0 unspecified atom stereocenters. The van der Waals surface area contributed by atoms with Gasteiger partial charge in [-0.25, -0.2) is 8.42 Å². The Morgan fingerprint density at radius 2 is 1.93 bits per heavy atom. The van der Waals surface area contributed by atoms with Gasteiger partial charge in [-0.15, -0.1) is 0 Å². The zero-order valence-corrected chi connectivity index (χ0v) is 16.1. The van der Waals surface area contributed by atoms with E-state index in [1.165, 1.54) is 21.3 Å². The van der Waals surface area contributed by atoms with Crippen molar-refractivity contribution in [2.75, 3.05) is 46.0 Å². The molecule has 10 nitrogen and oxygen atoms in total. The highest BCUT2D eigenvalue weighted by molar-refractivity contribution is 7.89. The minimum absolute atomic E-state index is 0.151. The molecule has 1 aliphatic heterocycles. The number of morpholine rings is 1. The van der Waals surface area contributed by atoms with E-state index in [9.17, 15) is 23.3 Å². The molecule has 0 atom stereocenters. The predicted octanol–water partition coefficient (Wildman–Crippen LogP) is 0.863. The third-order valence-electron chi connectivity index (χ3n) is 4.20. The summed E-state index contributed by atoms with van der Waals surface area (Å²) in [6.45, 7) is 5.18. The highest BCUT2D eigenvalue weighted by atomic mass is 32.2. The van der Waals surface area contributed by atoms with Crippen LogP contribution in [0.3, 0.4) is 0 Å². The van der Waals surface area contributed by atoms with Gasteiger partial charge in [0.1, 0.15) is 0 Å². The number of amides is 1. The van der Waals surface area contributed by atoms with Gasteiger partial charge in [0, 0.05) is 32.2 Å². The fourth-order valence-corrected chi connectivity index (χ4v) is 4.09. The molecule has 11 heteroatoms. The summed E-state index contributed by atoms with van der Waals surface area (Å²) in [5, 5.41) is 11.4. The number of carbonyl (C=O) groups is 1. The lowest BCUT2D eigenvalue weighted by Gasteiger charge is -2.26. The number of nitrogens with zero attached hydrogens (tertiary/aromatic N) is 3. The molecule has 1 saturated heterocycles. The SMILES string of the molecule is CCN(CC)C(=O)COc1ccc(S(=O)(=O)N2CCOCC2)cc1[N+](=O)[O-]. The van der Waals surface area contributed by atoms with Crippen molar-refractivity contribution >= 4 is 21.6 Å². The van der Waals surface area contributed by atoms with Crippen LogP contribution in [0.5, 0.6) is 5.75 Å². The lowest BCUT2D eigenvalue weighted by molar-refractivity contribution is -0.386. The number of carbonyl (C=O) groups excluding carboxylic acids is 1. The lowest BCUT2D eigenvalue weighted by atomic mass is 10.3. The van der Waals surface area contributed by atoms with Crippen molar-refractivity contribution in [3.63, 3.8) is 0 Å². The Bertz CT molecular complexity index is 787. The number of nitro groups is 1. The van der Waals surface area contributed by atoms with E-state index in [0.717, 1.165) is 6.07 Å². The summed E-state index contributed by atoms with van der Waals surface area (Å²) in [6.07, 6.45) is 0. The molecule has 0 spiro atoms. The van der Waals surface area contributed by atoms with Crippen LogP contribution in [0, 0.1) is 10.1 Å². The van der Waals surface area contributed by atoms with E-state index in [1.54, 1.807) is 0 Å². The number of nitro benzene ring substituents is 1. The topological polar surface area (TPSA) is 119 Å². The number of likely N-dealkylation sites (N-methyl/N-ethyl adjacent to an activating group) is 1. The Morgan fingerprint density at radius 3 is 2.48 bits per heavy atom. The van der Waals surface area contributed by atoms with Crippen molar-refractivity contribution in [1.82, 2.24) is 9.21 Å². The second-order valence-electron chi connectivity index (χ2n) is 5.76. The van der Waals surface area contributed by atoms with Crippen LogP contribution in [-0.2, 0) is 19.6 Å². The Hall–Kier alpha value is -2.24. The van der Waals surface area contributed by atoms with Crippen LogP contribution in [0.1, 0.15) is 13.8 Å². The largest absolute Gasteiger partial charge is 0.477 e. The molecule has 1 amide bonds. The molecule has 0 aliphatic carbocycles. The molecular weight excluding hydrogens is 378 g/mol. The van der Waals surface area contributed by atoms with E-state index in [0.29, 0.717) is 13.1 Å². The Kier molecular flexibility index (Phi) is 7.11. The van der Waals surface area contributed by atoms with Gasteiger partial charge in [-0.3, -0.25) is 14.9 Å². The minimum Gasteiger partial charge on any atom is -0.477 e. The van der Waals surface area contributed by atoms with Crippen LogP contribution in [0.25, 0.3) is 0 Å². The van der Waals surface area contributed by atoms with Gasteiger partial charge in [-0.05, 0) is 26.0 Å². The summed E-state index contributed by atoms with van der Waals surface area (Å²) in [4.78, 5) is 24.0. The normalized spacial score (nSPS) is 15.3. The molecule has 1 aromatic rings. The Morgan fingerprint density at radius 1 is 1.30 bits per heavy atom. The lowest BCUT2D eigenvalue weighted by Crippen LogP contribution is -2.40. The highest BCUT2D eigenvalue weighted by Gasteiger charge is 2.29. The minimum atomic E-state index is -3.87. The van der Waals surface area contributed by atoms with Crippen molar-refractivity contribution in [3.8, 4) is 5.75 Å². The summed E-state index contributed by atoms with van der Waals surface area (Å²) in [5.41, 5.74) is -0.503. The number of sulfonamides is 1. The first-order chi connectivity index (χ1) is 12.8. The van der Waals surface area contributed by atoms with Gasteiger partial charge in [-0.2, -0.15) is 4.31 Å². The summed E-state index contributed by atoms with van der Waals surface area (Å²) >= 11 is 0. The van der Waals surface area contributed by atoms with Crippen LogP contribution in [0.4, 0.5) is 5.69 Å². The van der Waals surface area contributed by atoms with Gasteiger partial charge in [0.25, 0.3) is 5.91 Å². The molecule has 27 heavy (non-hydrogen) atoms. The third-order valence-corrected chi connectivity index (χ3v) is 6.10. The van der Waals surface area contributed by atoms with E-state index in [2.05, 4.69) is 0 Å². The molecule has 0 bridgehead atoms. The molecule has 1 aliphatic rings. The van der Waals surface area contributed by atoms with E-state index in [4.69, 9.17) is 9.47 Å². The number of hydrogen-bond donors (Lipinski definition) is 0. The van der Waals surface area contributed by atoms with Crippen LogP contribution in [0.2, 0.25) is 0 Å². The van der Waals surface area contributed by atoms with Crippen molar-refractivity contribution in [2.45, 2.75) is 18.7 Å². The Balaban J connectivity index is 2.23. The van der Waals surface area contributed by atoms with Crippen molar-refractivity contribution < 1.29 is 27.6 Å². The first kappa shape index (κ1) is 21.1. The van der Waals surface area contributed by atoms with E-state index < -0.39 is 20.6 Å². The molecule has 0 N–H and O–H groups in total. The smallest absolute Gasteiger partial charge is 0.312 e. The van der Waals surface area contributed by atoms with Gasteiger partial charge in [0.15, 0.2) is 12.4 Å². The summed E-state index contributed by atoms with van der Waals surface area (Å²) < 4.78 is 37.0.